The normalized spacial score (nSPS) is 14.8. The average Bonchev–Trinajstić information content (AvgIpc) is 2.45. The molecular weight excluding hydrogens is 288 g/mol. The maximum Gasteiger partial charge on any atom is 0.344 e. The van der Waals surface area contributed by atoms with Gasteiger partial charge in [-0.25, -0.2) is 0 Å². The molecule has 0 saturated heterocycles. The van der Waals surface area contributed by atoms with E-state index < -0.39 is 8.56 Å². The summed E-state index contributed by atoms with van der Waals surface area (Å²) in [6.45, 7) is 19.1. The van der Waals surface area contributed by atoms with Gasteiger partial charge in [-0.3, -0.25) is 0 Å². The van der Waals surface area contributed by atoms with Gasteiger partial charge in [0.2, 0.25) is 0 Å². The van der Waals surface area contributed by atoms with Crippen molar-refractivity contribution in [3.63, 3.8) is 0 Å². The molecule has 0 heterocycles. The van der Waals surface area contributed by atoms with Gasteiger partial charge in [-0.1, -0.05) is 71.4 Å². The molecule has 128 valence electrons. The third-order valence-corrected chi connectivity index (χ3v) is 8.40. The highest BCUT2D eigenvalue weighted by atomic mass is 28.4. The van der Waals surface area contributed by atoms with Crippen molar-refractivity contribution in [3.8, 4) is 0 Å². The van der Waals surface area contributed by atoms with Crippen LogP contribution in [-0.4, -0.2) is 20.8 Å². The van der Waals surface area contributed by atoms with Crippen LogP contribution in [0.4, 0.5) is 0 Å². The Balaban J connectivity index is 5.52. The fourth-order valence-electron chi connectivity index (χ4n) is 2.72. The summed E-state index contributed by atoms with van der Waals surface area (Å²) in [6.07, 6.45) is 12.4. The van der Waals surface area contributed by atoms with Gasteiger partial charge in [0.1, 0.15) is 0 Å². The molecule has 0 fully saturated rings. The lowest BCUT2D eigenvalue weighted by Crippen LogP contribution is -2.52. The topological polar surface area (TPSA) is 18.5 Å². The first-order valence-corrected chi connectivity index (χ1v) is 10.6. The molecule has 0 aliphatic rings. The molecule has 0 amide bonds. The summed E-state index contributed by atoms with van der Waals surface area (Å²) in [7, 11) is -2.38. The second kappa shape index (κ2) is 11.0. The van der Waals surface area contributed by atoms with E-state index in [1.165, 1.54) is 0 Å². The largest absolute Gasteiger partial charge is 0.387 e. The van der Waals surface area contributed by atoms with E-state index in [0.717, 1.165) is 12.8 Å². The minimum atomic E-state index is -2.38. The molecular formula is C19H36O2Si. The van der Waals surface area contributed by atoms with E-state index in [4.69, 9.17) is 8.85 Å². The molecule has 0 radical (unpaired) electrons. The van der Waals surface area contributed by atoms with Crippen molar-refractivity contribution < 1.29 is 8.85 Å². The molecule has 0 N–H and O–H groups in total. The Labute approximate surface area is 139 Å². The van der Waals surface area contributed by atoms with Gasteiger partial charge in [0.25, 0.3) is 0 Å². The molecule has 22 heavy (non-hydrogen) atoms. The lowest BCUT2D eigenvalue weighted by molar-refractivity contribution is 0.110. The molecule has 3 heteroatoms. The monoisotopic (exact) mass is 324 g/mol. The first-order valence-electron chi connectivity index (χ1n) is 8.61. The van der Waals surface area contributed by atoms with Crippen LogP contribution in [0.5, 0.6) is 0 Å². The van der Waals surface area contributed by atoms with Crippen LogP contribution in [0.1, 0.15) is 61.3 Å². The lowest BCUT2D eigenvalue weighted by Gasteiger charge is -2.41. The van der Waals surface area contributed by atoms with Crippen molar-refractivity contribution >= 4 is 8.56 Å². The molecule has 0 spiro atoms. The molecule has 1 atom stereocenters. The van der Waals surface area contributed by atoms with Gasteiger partial charge in [-0.2, -0.15) is 0 Å². The van der Waals surface area contributed by atoms with Crippen LogP contribution in [0.3, 0.4) is 0 Å². The van der Waals surface area contributed by atoms with Crippen LogP contribution in [-0.2, 0) is 8.85 Å². The minimum Gasteiger partial charge on any atom is -0.387 e. The third-order valence-electron chi connectivity index (χ3n) is 3.87. The van der Waals surface area contributed by atoms with Gasteiger partial charge in [0.15, 0.2) is 0 Å². The third kappa shape index (κ3) is 6.23. The molecule has 1 unspecified atom stereocenters. The highest BCUT2D eigenvalue weighted by Gasteiger charge is 2.47. The molecule has 0 bridgehead atoms. The van der Waals surface area contributed by atoms with Crippen molar-refractivity contribution in [2.24, 2.45) is 0 Å². The SMILES string of the molecule is C=CC(CCC)O[Si](OC(/C=C/C)/C=C/C)(C(C)C)C(C)C. The standard InChI is InChI=1S/C19H36O2Si/c1-9-13-18(12-4)20-22(16(5)6,17(7)8)21-19(14-10-2)15-11-3/h10-12,14-19H,4,9,13H2,1-3,5-8H3/b14-10+,15-11+. The Morgan fingerprint density at radius 3 is 1.77 bits per heavy atom. The summed E-state index contributed by atoms with van der Waals surface area (Å²) >= 11 is 0. The summed E-state index contributed by atoms with van der Waals surface area (Å²) < 4.78 is 13.2. The van der Waals surface area contributed by atoms with Crippen molar-refractivity contribution in [1.82, 2.24) is 0 Å². The van der Waals surface area contributed by atoms with Gasteiger partial charge >= 0.3 is 8.56 Å². The van der Waals surface area contributed by atoms with E-state index in [1.807, 2.05) is 32.1 Å². The Kier molecular flexibility index (Phi) is 10.7. The smallest absolute Gasteiger partial charge is 0.344 e. The van der Waals surface area contributed by atoms with Crippen molar-refractivity contribution in [2.75, 3.05) is 0 Å². The lowest BCUT2D eigenvalue weighted by atomic mass is 10.2. The Bertz CT molecular complexity index is 338. The fraction of sp³-hybridized carbons (Fsp3) is 0.684. The zero-order valence-electron chi connectivity index (χ0n) is 15.6. The van der Waals surface area contributed by atoms with Crippen LogP contribution >= 0.6 is 0 Å². The second-order valence-corrected chi connectivity index (χ2v) is 10.6. The predicted molar refractivity (Wildman–Crippen MR) is 100 cm³/mol. The summed E-state index contributed by atoms with van der Waals surface area (Å²) in [4.78, 5) is 0. The van der Waals surface area contributed by atoms with Crippen LogP contribution in [0.2, 0.25) is 11.1 Å². The average molecular weight is 325 g/mol. The zero-order chi connectivity index (χ0) is 17.2. The van der Waals surface area contributed by atoms with E-state index in [2.05, 4.69) is 53.3 Å². The Morgan fingerprint density at radius 1 is 0.955 bits per heavy atom. The number of rotatable bonds is 11. The highest BCUT2D eigenvalue weighted by Crippen LogP contribution is 2.37. The summed E-state index contributed by atoms with van der Waals surface area (Å²) in [5.41, 5.74) is 0.759. The molecule has 0 aromatic heterocycles. The van der Waals surface area contributed by atoms with Gasteiger partial charge in [-0.15, -0.1) is 6.58 Å². The summed E-state index contributed by atoms with van der Waals surface area (Å²) in [5, 5.41) is 0. The van der Waals surface area contributed by atoms with Crippen molar-refractivity contribution in [1.29, 1.82) is 0 Å². The second-order valence-electron chi connectivity index (χ2n) is 6.35. The van der Waals surface area contributed by atoms with Crippen LogP contribution in [0, 0.1) is 0 Å². The Morgan fingerprint density at radius 2 is 1.45 bits per heavy atom. The molecule has 0 aromatic carbocycles. The highest BCUT2D eigenvalue weighted by molar-refractivity contribution is 6.70. The molecule has 0 aliphatic carbocycles. The van der Waals surface area contributed by atoms with Gasteiger partial charge in [0.05, 0.1) is 12.2 Å². The maximum atomic E-state index is 6.62. The van der Waals surface area contributed by atoms with Gasteiger partial charge < -0.3 is 8.85 Å². The summed E-state index contributed by atoms with van der Waals surface area (Å²) in [5.74, 6) is 0. The summed E-state index contributed by atoms with van der Waals surface area (Å²) in [6, 6.07) is 0. The van der Waals surface area contributed by atoms with Crippen LogP contribution in [0.25, 0.3) is 0 Å². The van der Waals surface area contributed by atoms with E-state index in [-0.39, 0.29) is 12.2 Å². The fourth-order valence-corrected chi connectivity index (χ4v) is 6.47. The quantitative estimate of drug-likeness (QED) is 0.335. The van der Waals surface area contributed by atoms with E-state index in [0.29, 0.717) is 11.1 Å². The van der Waals surface area contributed by atoms with Crippen LogP contribution in [0.15, 0.2) is 37.0 Å². The molecule has 2 nitrogen and oxygen atoms in total. The Hall–Kier alpha value is -0.643. The maximum absolute atomic E-state index is 6.62. The minimum absolute atomic E-state index is 0.0152. The predicted octanol–water partition coefficient (Wildman–Crippen LogP) is 6.16. The first-order chi connectivity index (χ1) is 10.4. The number of allylic oxidation sites excluding steroid dienone is 2. The van der Waals surface area contributed by atoms with Gasteiger partial charge in [-0.05, 0) is 31.4 Å². The number of hydrogen-bond donors (Lipinski definition) is 0. The molecule has 0 aliphatic heterocycles. The number of hydrogen-bond acceptors (Lipinski definition) is 2. The van der Waals surface area contributed by atoms with E-state index in [1.54, 1.807) is 0 Å². The van der Waals surface area contributed by atoms with Gasteiger partial charge in [0, 0.05) is 0 Å². The van der Waals surface area contributed by atoms with E-state index in [9.17, 15) is 0 Å². The zero-order valence-corrected chi connectivity index (χ0v) is 16.6. The van der Waals surface area contributed by atoms with E-state index >= 15 is 0 Å². The molecule has 0 saturated carbocycles. The molecule has 0 aromatic rings. The van der Waals surface area contributed by atoms with Crippen molar-refractivity contribution in [3.05, 3.63) is 37.0 Å². The molecule has 0 rings (SSSR count). The van der Waals surface area contributed by atoms with Crippen molar-refractivity contribution in [2.45, 2.75) is 84.6 Å². The van der Waals surface area contributed by atoms with Crippen LogP contribution < -0.4 is 0 Å². The first kappa shape index (κ1) is 21.4.